The molecule has 0 atom stereocenters. The van der Waals surface area contributed by atoms with Crippen molar-refractivity contribution in [3.8, 4) is 0 Å². The maximum Gasteiger partial charge on any atom is 0.421 e. The zero-order valence-electron chi connectivity index (χ0n) is 12.5. The lowest BCUT2D eigenvalue weighted by Crippen LogP contribution is -2.31. The largest absolute Gasteiger partial charge is 0.421 e. The molecule has 0 saturated heterocycles. The molecular formula is C16H14F3N3O2. The average Bonchev–Trinajstić information content (AvgIpc) is 3.33. The van der Waals surface area contributed by atoms with Crippen molar-refractivity contribution in [2.75, 3.05) is 0 Å². The molecule has 0 aliphatic heterocycles. The van der Waals surface area contributed by atoms with Crippen LogP contribution >= 0.6 is 0 Å². The predicted molar refractivity (Wildman–Crippen MR) is 79.5 cm³/mol. The number of primary amides is 1. The van der Waals surface area contributed by atoms with Crippen LogP contribution in [0.3, 0.4) is 0 Å². The summed E-state index contributed by atoms with van der Waals surface area (Å²) in [5.41, 5.74) is 3.74. The monoisotopic (exact) mass is 337 g/mol. The molecule has 1 saturated carbocycles. The van der Waals surface area contributed by atoms with Crippen molar-refractivity contribution in [3.05, 3.63) is 63.1 Å². The van der Waals surface area contributed by atoms with Crippen molar-refractivity contribution in [1.82, 2.24) is 9.78 Å². The molecule has 1 aliphatic carbocycles. The number of nitrogens with two attached hydrogens (primary N) is 1. The van der Waals surface area contributed by atoms with Crippen molar-refractivity contribution in [1.29, 1.82) is 0 Å². The molecule has 0 spiro atoms. The molecular weight excluding hydrogens is 323 g/mol. The van der Waals surface area contributed by atoms with E-state index in [0.29, 0.717) is 5.56 Å². The maximum atomic E-state index is 13.1. The highest BCUT2D eigenvalue weighted by molar-refractivity contribution is 5.92. The molecule has 8 heteroatoms. The van der Waals surface area contributed by atoms with Crippen molar-refractivity contribution in [2.45, 2.75) is 31.5 Å². The Hall–Kier alpha value is -2.64. The van der Waals surface area contributed by atoms with Gasteiger partial charge in [-0.25, -0.2) is 4.68 Å². The third kappa shape index (κ3) is 3.32. The first-order valence-electron chi connectivity index (χ1n) is 7.33. The summed E-state index contributed by atoms with van der Waals surface area (Å²) in [5, 5.41) is 4.07. The van der Waals surface area contributed by atoms with Gasteiger partial charge in [-0.1, -0.05) is 12.1 Å². The number of halogens is 3. The molecule has 1 aromatic carbocycles. The summed E-state index contributed by atoms with van der Waals surface area (Å²) in [4.78, 5) is 23.3. The first kappa shape index (κ1) is 16.2. The minimum Gasteiger partial charge on any atom is -0.366 e. The van der Waals surface area contributed by atoms with Crippen molar-refractivity contribution < 1.29 is 18.0 Å². The third-order valence-corrected chi connectivity index (χ3v) is 3.84. The van der Waals surface area contributed by atoms with Crippen molar-refractivity contribution in [2.24, 2.45) is 5.73 Å². The number of carbonyl (C=O) groups excluding carboxylic acids is 1. The van der Waals surface area contributed by atoms with E-state index in [4.69, 9.17) is 5.73 Å². The summed E-state index contributed by atoms with van der Waals surface area (Å²) in [6.07, 6.45) is -3.21. The molecule has 2 aromatic rings. The van der Waals surface area contributed by atoms with Crippen LogP contribution in [0.4, 0.5) is 13.2 Å². The summed E-state index contributed by atoms with van der Waals surface area (Å²) in [7, 11) is 0. The Morgan fingerprint density at radius 1 is 1.29 bits per heavy atom. The predicted octanol–water partition coefficient (Wildman–Crippen LogP) is 2.29. The molecule has 1 amide bonds. The standard InChI is InChI=1S/C16H14F3N3O2/c17-16(18,19)12-7-13(10-4-5-10)21-22(15(12)24)8-9-2-1-3-11(6-9)14(20)23/h1-3,6-7,10H,4-5,8H2,(H2,20,23). The van der Waals surface area contributed by atoms with E-state index in [-0.39, 0.29) is 23.7 Å². The zero-order chi connectivity index (χ0) is 17.5. The Bertz CT molecular complexity index is 854. The molecule has 24 heavy (non-hydrogen) atoms. The van der Waals surface area contributed by atoms with Gasteiger partial charge in [0.25, 0.3) is 5.56 Å². The van der Waals surface area contributed by atoms with E-state index in [0.717, 1.165) is 23.6 Å². The molecule has 2 N–H and O–H groups in total. The van der Waals surface area contributed by atoms with Crippen LogP contribution in [0.2, 0.25) is 0 Å². The SMILES string of the molecule is NC(=O)c1cccc(Cn2nc(C3CC3)cc(C(F)(F)F)c2=O)c1. The van der Waals surface area contributed by atoms with Gasteiger partial charge in [0.05, 0.1) is 12.2 Å². The molecule has 126 valence electrons. The number of carbonyl (C=O) groups is 1. The molecule has 5 nitrogen and oxygen atoms in total. The van der Waals surface area contributed by atoms with Crippen LogP contribution in [0.15, 0.2) is 35.1 Å². The molecule has 1 fully saturated rings. The number of benzene rings is 1. The van der Waals surface area contributed by atoms with E-state index in [2.05, 4.69) is 5.10 Å². The number of aromatic nitrogens is 2. The summed E-state index contributed by atoms with van der Waals surface area (Å²) in [5.74, 6) is -0.685. The fourth-order valence-corrected chi connectivity index (χ4v) is 2.45. The Morgan fingerprint density at radius 2 is 2.00 bits per heavy atom. The second-order valence-electron chi connectivity index (χ2n) is 5.78. The molecule has 0 radical (unpaired) electrons. The van der Waals surface area contributed by atoms with Gasteiger partial charge < -0.3 is 5.73 Å². The molecule has 1 aliphatic rings. The number of alkyl halides is 3. The van der Waals surface area contributed by atoms with Gasteiger partial charge in [-0.3, -0.25) is 9.59 Å². The van der Waals surface area contributed by atoms with Gasteiger partial charge in [-0.2, -0.15) is 18.3 Å². The Balaban J connectivity index is 2.04. The average molecular weight is 337 g/mol. The van der Waals surface area contributed by atoms with Gasteiger partial charge in [0.15, 0.2) is 0 Å². The third-order valence-electron chi connectivity index (χ3n) is 3.84. The molecule has 0 bridgehead atoms. The van der Waals surface area contributed by atoms with Crippen LogP contribution < -0.4 is 11.3 Å². The van der Waals surface area contributed by atoms with Crippen LogP contribution in [-0.2, 0) is 12.7 Å². The van der Waals surface area contributed by atoms with Gasteiger partial charge in [-0.15, -0.1) is 0 Å². The maximum absolute atomic E-state index is 13.1. The Labute approximate surface area is 134 Å². The van der Waals surface area contributed by atoms with Crippen molar-refractivity contribution in [3.63, 3.8) is 0 Å². The van der Waals surface area contributed by atoms with E-state index in [1.54, 1.807) is 12.1 Å². The fourth-order valence-electron chi connectivity index (χ4n) is 2.45. The fraction of sp³-hybridized carbons (Fsp3) is 0.312. The van der Waals surface area contributed by atoms with Gasteiger partial charge in [0.2, 0.25) is 5.91 Å². The van der Waals surface area contributed by atoms with Crippen LogP contribution in [0.25, 0.3) is 0 Å². The number of rotatable bonds is 4. The number of amides is 1. The highest BCUT2D eigenvalue weighted by Gasteiger charge is 2.37. The molecule has 1 aromatic heterocycles. The number of nitrogens with zero attached hydrogens (tertiary/aromatic N) is 2. The minimum absolute atomic E-state index is 0.0325. The molecule has 1 heterocycles. The summed E-state index contributed by atoms with van der Waals surface area (Å²) in [6.45, 7) is -0.163. The van der Waals surface area contributed by atoms with Gasteiger partial charge >= 0.3 is 6.18 Å². The quantitative estimate of drug-likeness (QED) is 0.930. The summed E-state index contributed by atoms with van der Waals surface area (Å²) < 4.78 is 40.1. The van der Waals surface area contributed by atoms with Gasteiger partial charge in [0.1, 0.15) is 5.56 Å². The number of hydrogen-bond acceptors (Lipinski definition) is 3. The lowest BCUT2D eigenvalue weighted by atomic mass is 10.1. The first-order chi connectivity index (χ1) is 11.3. The zero-order valence-corrected chi connectivity index (χ0v) is 12.5. The normalized spacial score (nSPS) is 14.6. The van der Waals surface area contributed by atoms with E-state index < -0.39 is 23.2 Å². The number of hydrogen-bond donors (Lipinski definition) is 1. The van der Waals surface area contributed by atoms with E-state index >= 15 is 0 Å². The lowest BCUT2D eigenvalue weighted by Gasteiger charge is -2.12. The van der Waals surface area contributed by atoms with Crippen LogP contribution in [0, 0.1) is 0 Å². The Morgan fingerprint density at radius 3 is 2.58 bits per heavy atom. The molecule has 0 unspecified atom stereocenters. The van der Waals surface area contributed by atoms with E-state index in [1.807, 2.05) is 0 Å². The van der Waals surface area contributed by atoms with Crippen molar-refractivity contribution >= 4 is 5.91 Å². The first-order valence-corrected chi connectivity index (χ1v) is 7.33. The minimum atomic E-state index is -4.74. The second-order valence-corrected chi connectivity index (χ2v) is 5.78. The smallest absolute Gasteiger partial charge is 0.366 e. The van der Waals surface area contributed by atoms with Crippen LogP contribution in [0.1, 0.15) is 45.9 Å². The summed E-state index contributed by atoms with van der Waals surface area (Å²) >= 11 is 0. The second kappa shape index (κ2) is 5.77. The van der Waals surface area contributed by atoms with Crippen LogP contribution in [-0.4, -0.2) is 15.7 Å². The lowest BCUT2D eigenvalue weighted by molar-refractivity contribution is -0.139. The van der Waals surface area contributed by atoms with E-state index in [9.17, 15) is 22.8 Å². The van der Waals surface area contributed by atoms with Gasteiger partial charge in [-0.05, 0) is 36.6 Å². The highest BCUT2D eigenvalue weighted by atomic mass is 19.4. The van der Waals surface area contributed by atoms with Gasteiger partial charge in [0, 0.05) is 11.5 Å². The summed E-state index contributed by atoms with van der Waals surface area (Å²) in [6, 6.07) is 6.92. The Kier molecular flexibility index (Phi) is 3.90. The highest BCUT2D eigenvalue weighted by Crippen LogP contribution is 2.40. The topological polar surface area (TPSA) is 78.0 Å². The molecule has 3 rings (SSSR count). The van der Waals surface area contributed by atoms with Crippen LogP contribution in [0.5, 0.6) is 0 Å². The van der Waals surface area contributed by atoms with E-state index in [1.165, 1.54) is 12.1 Å².